The second-order valence-electron chi connectivity index (χ2n) is 26.0. The van der Waals surface area contributed by atoms with Gasteiger partial charge >= 0.3 is 39.5 Å². The number of aliphatic hydroxyl groups excluding tert-OH is 1. The predicted molar refractivity (Wildman–Crippen MR) is 358 cm³/mol. The fraction of sp³-hybridized carbons (Fsp3) is 0.943. The Balaban J connectivity index is 5.09. The van der Waals surface area contributed by atoms with Crippen molar-refractivity contribution in [2.75, 3.05) is 39.6 Å². The molecule has 0 saturated carbocycles. The Kier molecular flexibility index (Phi) is 60.8. The van der Waals surface area contributed by atoms with Crippen molar-refractivity contribution in [3.05, 3.63) is 0 Å². The zero-order valence-corrected chi connectivity index (χ0v) is 59.5. The first-order chi connectivity index (χ1) is 42.9. The van der Waals surface area contributed by atoms with Gasteiger partial charge in [0.15, 0.2) is 12.2 Å². The molecule has 0 aromatic heterocycles. The molecule has 89 heavy (non-hydrogen) atoms. The number of esters is 4. The Morgan fingerprint density at radius 2 is 0.573 bits per heavy atom. The molecule has 0 aromatic carbocycles. The van der Waals surface area contributed by atoms with Crippen molar-refractivity contribution in [1.82, 2.24) is 0 Å². The SMILES string of the molecule is CCCCCCCCCCCCCCCCCCCCCCCCC(=O)O[C@H](COC(=O)CCCCCCCCCCC(C)CC)COP(=O)(O)OC[C@@H](O)COP(=O)(O)OC[C@@H](COC(=O)CCCCCCC)OC(=O)CCCCCCCCCC(C)C. The number of phosphoric acid groups is 2. The summed E-state index contributed by atoms with van der Waals surface area (Å²) in [6.45, 7) is 9.38. The Labute approximate surface area is 543 Å². The number of rotatable bonds is 69. The minimum Gasteiger partial charge on any atom is -0.462 e. The van der Waals surface area contributed by atoms with E-state index in [1.165, 1.54) is 167 Å². The second-order valence-corrected chi connectivity index (χ2v) is 28.9. The van der Waals surface area contributed by atoms with Crippen LogP contribution in [0.3, 0.4) is 0 Å². The summed E-state index contributed by atoms with van der Waals surface area (Å²) < 4.78 is 68.0. The second kappa shape index (κ2) is 62.2. The predicted octanol–water partition coefficient (Wildman–Crippen LogP) is 20.0. The molecular weight excluding hydrogens is 1170 g/mol. The molecule has 0 aliphatic rings. The number of carbonyl (C=O) groups excluding carboxylic acids is 4. The summed E-state index contributed by atoms with van der Waals surface area (Å²) in [7, 11) is -9.89. The van der Waals surface area contributed by atoms with Crippen LogP contribution >= 0.6 is 15.6 Å². The van der Waals surface area contributed by atoms with E-state index in [-0.39, 0.29) is 25.7 Å². The van der Waals surface area contributed by atoms with Crippen molar-refractivity contribution in [1.29, 1.82) is 0 Å². The van der Waals surface area contributed by atoms with Crippen LogP contribution in [0.25, 0.3) is 0 Å². The number of carbonyl (C=O) groups is 4. The molecule has 0 bridgehead atoms. The highest BCUT2D eigenvalue weighted by molar-refractivity contribution is 7.47. The third kappa shape index (κ3) is 63.2. The first kappa shape index (κ1) is 87.1. The van der Waals surface area contributed by atoms with Crippen molar-refractivity contribution in [3.8, 4) is 0 Å². The summed E-state index contributed by atoms with van der Waals surface area (Å²) in [6, 6.07) is 0. The molecule has 17 nitrogen and oxygen atoms in total. The first-order valence-corrected chi connectivity index (χ1v) is 39.5. The number of aliphatic hydroxyl groups is 1. The van der Waals surface area contributed by atoms with Crippen molar-refractivity contribution in [2.24, 2.45) is 11.8 Å². The fourth-order valence-electron chi connectivity index (χ4n) is 10.6. The summed E-state index contributed by atoms with van der Waals surface area (Å²) in [6.07, 6.45) is 47.9. The van der Waals surface area contributed by atoms with Crippen LogP contribution in [0.15, 0.2) is 0 Å². The van der Waals surface area contributed by atoms with E-state index >= 15 is 0 Å². The smallest absolute Gasteiger partial charge is 0.462 e. The van der Waals surface area contributed by atoms with Crippen LogP contribution in [0.2, 0.25) is 0 Å². The standard InChI is InChI=1S/C70H136O17P2/c1-7-10-12-14-15-16-17-18-19-20-21-22-23-24-25-26-27-28-29-36-42-48-54-69(74)87-66(59-81-68(73)53-47-41-35-31-30-34-40-45-51-63(6)9-3)61-85-89(78,79)83-57-64(71)56-82-88(76,77)84-60-65(58-80-67(72)52-46-38-13-11-8-2)86-70(75)55-49-43-37-32-33-39-44-50-62(4)5/h62-66,71H,7-61H2,1-6H3,(H,76,77)(H,78,79)/t63?,64-,65+,66+/m0/s1. The quantitative estimate of drug-likeness (QED) is 0.0222. The van der Waals surface area contributed by atoms with E-state index in [0.29, 0.717) is 31.6 Å². The van der Waals surface area contributed by atoms with E-state index < -0.39 is 97.5 Å². The van der Waals surface area contributed by atoms with Crippen LogP contribution in [-0.2, 0) is 65.4 Å². The monoisotopic (exact) mass is 1310 g/mol. The van der Waals surface area contributed by atoms with Gasteiger partial charge in [-0.25, -0.2) is 9.13 Å². The minimum absolute atomic E-state index is 0.102. The molecule has 0 aromatic rings. The summed E-state index contributed by atoms with van der Waals surface area (Å²) in [5, 5.41) is 10.5. The lowest BCUT2D eigenvalue weighted by Gasteiger charge is -2.21. The minimum atomic E-state index is -4.95. The van der Waals surface area contributed by atoms with Crippen LogP contribution in [0.4, 0.5) is 0 Å². The normalized spacial score (nSPS) is 14.4. The first-order valence-electron chi connectivity index (χ1n) is 36.5. The van der Waals surface area contributed by atoms with Gasteiger partial charge in [-0.15, -0.1) is 0 Å². The van der Waals surface area contributed by atoms with E-state index in [1.54, 1.807) is 0 Å². The van der Waals surface area contributed by atoms with Gasteiger partial charge in [0.2, 0.25) is 0 Å². The fourth-order valence-corrected chi connectivity index (χ4v) is 12.1. The molecule has 3 N–H and O–H groups in total. The molecular formula is C70H136O17P2. The highest BCUT2D eigenvalue weighted by Gasteiger charge is 2.30. The van der Waals surface area contributed by atoms with Crippen LogP contribution in [0.1, 0.15) is 356 Å². The van der Waals surface area contributed by atoms with E-state index in [9.17, 15) is 43.2 Å². The average Bonchev–Trinajstić information content (AvgIpc) is 3.72. The van der Waals surface area contributed by atoms with Gasteiger partial charge in [0.25, 0.3) is 0 Å². The van der Waals surface area contributed by atoms with Crippen LogP contribution in [-0.4, -0.2) is 96.7 Å². The van der Waals surface area contributed by atoms with Gasteiger partial charge in [-0.1, -0.05) is 305 Å². The lowest BCUT2D eigenvalue weighted by Crippen LogP contribution is -2.30. The van der Waals surface area contributed by atoms with Gasteiger partial charge in [-0.05, 0) is 37.5 Å². The van der Waals surface area contributed by atoms with Gasteiger partial charge in [0.05, 0.1) is 26.4 Å². The van der Waals surface area contributed by atoms with E-state index in [1.807, 2.05) is 0 Å². The summed E-state index contributed by atoms with van der Waals surface area (Å²) in [5.74, 6) is -0.667. The van der Waals surface area contributed by atoms with Crippen LogP contribution < -0.4 is 0 Å². The van der Waals surface area contributed by atoms with E-state index in [4.69, 9.17) is 37.0 Å². The van der Waals surface area contributed by atoms with Crippen molar-refractivity contribution in [2.45, 2.75) is 374 Å². The molecule has 6 atom stereocenters. The Morgan fingerprint density at radius 1 is 0.326 bits per heavy atom. The molecule has 0 saturated heterocycles. The van der Waals surface area contributed by atoms with E-state index in [2.05, 4.69) is 41.5 Å². The third-order valence-corrected chi connectivity index (χ3v) is 18.5. The zero-order valence-electron chi connectivity index (χ0n) is 57.7. The zero-order chi connectivity index (χ0) is 65.7. The van der Waals surface area contributed by atoms with Gasteiger partial charge in [-0.2, -0.15) is 0 Å². The molecule has 0 radical (unpaired) electrons. The van der Waals surface area contributed by atoms with Crippen LogP contribution in [0, 0.1) is 11.8 Å². The highest BCUT2D eigenvalue weighted by Crippen LogP contribution is 2.45. The number of ether oxygens (including phenoxy) is 4. The molecule has 0 aliphatic heterocycles. The lowest BCUT2D eigenvalue weighted by atomic mass is 9.99. The molecule has 0 amide bonds. The maximum atomic E-state index is 13.0. The highest BCUT2D eigenvalue weighted by atomic mass is 31.2. The molecule has 0 spiro atoms. The molecule has 3 unspecified atom stereocenters. The van der Waals surface area contributed by atoms with Crippen LogP contribution in [0.5, 0.6) is 0 Å². The Bertz CT molecular complexity index is 1740. The van der Waals surface area contributed by atoms with E-state index in [0.717, 1.165) is 102 Å². The topological polar surface area (TPSA) is 237 Å². The summed E-state index contributed by atoms with van der Waals surface area (Å²) in [4.78, 5) is 72.2. The average molecular weight is 1310 g/mol. The number of hydrogen-bond acceptors (Lipinski definition) is 15. The molecule has 528 valence electrons. The Morgan fingerprint density at radius 3 is 0.854 bits per heavy atom. The largest absolute Gasteiger partial charge is 0.472 e. The molecule has 0 rings (SSSR count). The summed E-state index contributed by atoms with van der Waals surface area (Å²) in [5.41, 5.74) is 0. The van der Waals surface area contributed by atoms with Crippen molar-refractivity contribution in [3.63, 3.8) is 0 Å². The maximum absolute atomic E-state index is 13.0. The summed E-state index contributed by atoms with van der Waals surface area (Å²) >= 11 is 0. The molecule has 0 aliphatic carbocycles. The lowest BCUT2D eigenvalue weighted by molar-refractivity contribution is -0.161. The van der Waals surface area contributed by atoms with Gasteiger partial charge in [0.1, 0.15) is 19.3 Å². The number of phosphoric ester groups is 2. The van der Waals surface area contributed by atoms with Crippen molar-refractivity contribution >= 4 is 39.5 Å². The van der Waals surface area contributed by atoms with Gasteiger partial charge < -0.3 is 33.8 Å². The van der Waals surface area contributed by atoms with Gasteiger partial charge in [-0.3, -0.25) is 37.3 Å². The van der Waals surface area contributed by atoms with Gasteiger partial charge in [0, 0.05) is 25.7 Å². The third-order valence-electron chi connectivity index (χ3n) is 16.6. The molecule has 19 heteroatoms. The number of unbranched alkanes of at least 4 members (excludes halogenated alkanes) is 38. The molecule has 0 heterocycles. The van der Waals surface area contributed by atoms with Crippen molar-refractivity contribution < 1.29 is 80.2 Å². The number of hydrogen-bond donors (Lipinski definition) is 3. The maximum Gasteiger partial charge on any atom is 0.472 e. The molecule has 0 fully saturated rings. The Hall–Kier alpha value is -1.94.